The molecule has 0 saturated carbocycles. The Morgan fingerprint density at radius 1 is 1.20 bits per heavy atom. The van der Waals surface area contributed by atoms with Crippen LogP contribution in [0.25, 0.3) is 0 Å². The van der Waals surface area contributed by atoms with Crippen LogP contribution in [0.15, 0.2) is 24.3 Å². The lowest BCUT2D eigenvalue weighted by Crippen LogP contribution is -2.22. The van der Waals surface area contributed by atoms with Gasteiger partial charge in [0.25, 0.3) is 0 Å². The van der Waals surface area contributed by atoms with E-state index in [1.807, 2.05) is 12.1 Å². The third-order valence-electron chi connectivity index (χ3n) is 2.51. The molecule has 15 heavy (non-hydrogen) atoms. The predicted octanol–water partition coefficient (Wildman–Crippen LogP) is 2.70. The van der Waals surface area contributed by atoms with Crippen LogP contribution in [0.5, 0.6) is 5.75 Å². The van der Waals surface area contributed by atoms with Crippen molar-refractivity contribution in [3.05, 3.63) is 29.8 Å². The number of hydrogen-bond acceptors (Lipinski definition) is 2. The third kappa shape index (κ3) is 4.84. The Labute approximate surface area is 92.1 Å². The minimum atomic E-state index is 0.291. The van der Waals surface area contributed by atoms with E-state index in [0.717, 1.165) is 19.3 Å². The zero-order chi connectivity index (χ0) is 11.3. The number of nitrogens with two attached hydrogens (primary N) is 1. The van der Waals surface area contributed by atoms with E-state index in [1.165, 1.54) is 5.56 Å². The summed E-state index contributed by atoms with van der Waals surface area (Å²) in [6.45, 7) is 4.39. The fourth-order valence-electron chi connectivity index (χ4n) is 1.74. The summed E-state index contributed by atoms with van der Waals surface area (Å²) in [4.78, 5) is 0. The molecule has 1 aromatic rings. The van der Waals surface area contributed by atoms with Crippen molar-refractivity contribution in [3.63, 3.8) is 0 Å². The molecule has 0 radical (unpaired) electrons. The van der Waals surface area contributed by atoms with Crippen LogP contribution in [0.4, 0.5) is 0 Å². The molecule has 0 aliphatic rings. The Balaban J connectivity index is 2.33. The normalized spacial score (nSPS) is 13.1. The number of hydrogen-bond donors (Lipinski definition) is 2. The first-order chi connectivity index (χ1) is 7.08. The molecule has 2 nitrogen and oxygen atoms in total. The van der Waals surface area contributed by atoms with Crippen molar-refractivity contribution in [3.8, 4) is 5.75 Å². The first-order valence-corrected chi connectivity index (χ1v) is 5.61. The van der Waals surface area contributed by atoms with Crippen LogP contribution in [0.3, 0.4) is 0 Å². The van der Waals surface area contributed by atoms with Crippen LogP contribution in [0, 0.1) is 5.92 Å². The molecule has 1 atom stereocenters. The minimum Gasteiger partial charge on any atom is -0.508 e. The highest BCUT2D eigenvalue weighted by Gasteiger charge is 2.05. The highest BCUT2D eigenvalue weighted by molar-refractivity contribution is 5.25. The first-order valence-electron chi connectivity index (χ1n) is 5.61. The van der Waals surface area contributed by atoms with E-state index < -0.39 is 0 Å². The Hall–Kier alpha value is -1.02. The molecule has 84 valence electrons. The van der Waals surface area contributed by atoms with Crippen LogP contribution in [-0.2, 0) is 6.42 Å². The summed E-state index contributed by atoms with van der Waals surface area (Å²) in [7, 11) is 0. The highest BCUT2D eigenvalue weighted by atomic mass is 16.3. The maximum Gasteiger partial charge on any atom is 0.115 e. The summed E-state index contributed by atoms with van der Waals surface area (Å²) in [5.41, 5.74) is 7.25. The summed E-state index contributed by atoms with van der Waals surface area (Å²) in [6, 6.07) is 7.65. The average Bonchev–Trinajstić information content (AvgIpc) is 2.16. The van der Waals surface area contributed by atoms with E-state index in [1.54, 1.807) is 12.1 Å². The molecule has 0 saturated heterocycles. The standard InChI is InChI=1S/C13H21NO/c1-10(2)9-12(14)6-3-11-4-7-13(15)8-5-11/h4-5,7-8,10,12,15H,3,6,9,14H2,1-2H3. The fourth-order valence-corrected chi connectivity index (χ4v) is 1.74. The number of phenols is 1. The van der Waals surface area contributed by atoms with Gasteiger partial charge in [-0.15, -0.1) is 0 Å². The average molecular weight is 207 g/mol. The number of aryl methyl sites for hydroxylation is 1. The summed E-state index contributed by atoms with van der Waals surface area (Å²) in [5.74, 6) is 0.991. The highest BCUT2D eigenvalue weighted by Crippen LogP contribution is 2.13. The van der Waals surface area contributed by atoms with Crippen molar-refractivity contribution in [1.82, 2.24) is 0 Å². The Bertz CT molecular complexity index is 279. The van der Waals surface area contributed by atoms with Gasteiger partial charge >= 0.3 is 0 Å². The Morgan fingerprint density at radius 2 is 1.80 bits per heavy atom. The third-order valence-corrected chi connectivity index (χ3v) is 2.51. The van der Waals surface area contributed by atoms with Crippen LogP contribution in [0.1, 0.15) is 32.3 Å². The molecule has 1 unspecified atom stereocenters. The largest absolute Gasteiger partial charge is 0.508 e. The van der Waals surface area contributed by atoms with E-state index in [2.05, 4.69) is 13.8 Å². The van der Waals surface area contributed by atoms with Gasteiger partial charge in [-0.1, -0.05) is 26.0 Å². The van der Waals surface area contributed by atoms with Crippen LogP contribution >= 0.6 is 0 Å². The predicted molar refractivity (Wildman–Crippen MR) is 63.9 cm³/mol. The zero-order valence-corrected chi connectivity index (χ0v) is 9.61. The summed E-state index contributed by atoms with van der Waals surface area (Å²) >= 11 is 0. The van der Waals surface area contributed by atoms with Crippen molar-refractivity contribution in [2.75, 3.05) is 0 Å². The lowest BCUT2D eigenvalue weighted by molar-refractivity contribution is 0.471. The van der Waals surface area contributed by atoms with Crippen molar-refractivity contribution in [1.29, 1.82) is 0 Å². The van der Waals surface area contributed by atoms with Crippen LogP contribution in [-0.4, -0.2) is 11.1 Å². The number of phenolic OH excluding ortho intramolecular Hbond substituents is 1. The summed E-state index contributed by atoms with van der Waals surface area (Å²) in [6.07, 6.45) is 3.09. The van der Waals surface area contributed by atoms with Crippen LogP contribution in [0.2, 0.25) is 0 Å². The SMILES string of the molecule is CC(C)CC(N)CCc1ccc(O)cc1. The summed E-state index contributed by atoms with van der Waals surface area (Å²) in [5, 5.41) is 9.13. The smallest absolute Gasteiger partial charge is 0.115 e. The van der Waals surface area contributed by atoms with Crippen molar-refractivity contribution >= 4 is 0 Å². The first kappa shape index (κ1) is 12.1. The van der Waals surface area contributed by atoms with E-state index in [4.69, 9.17) is 10.8 Å². The molecular weight excluding hydrogens is 186 g/mol. The van der Waals surface area contributed by atoms with Gasteiger partial charge in [-0.3, -0.25) is 0 Å². The maximum atomic E-state index is 9.13. The molecule has 0 spiro atoms. The van der Waals surface area contributed by atoms with Crippen molar-refractivity contribution in [2.24, 2.45) is 11.7 Å². The molecule has 0 aromatic heterocycles. The molecule has 2 heteroatoms. The van der Waals surface area contributed by atoms with Crippen molar-refractivity contribution < 1.29 is 5.11 Å². The van der Waals surface area contributed by atoms with Gasteiger partial charge in [-0.25, -0.2) is 0 Å². The quantitative estimate of drug-likeness (QED) is 0.779. The van der Waals surface area contributed by atoms with Crippen LogP contribution < -0.4 is 5.73 Å². The fraction of sp³-hybridized carbons (Fsp3) is 0.538. The van der Waals surface area contributed by atoms with Gasteiger partial charge in [0, 0.05) is 6.04 Å². The van der Waals surface area contributed by atoms with E-state index in [-0.39, 0.29) is 0 Å². The molecule has 1 rings (SSSR count). The van der Waals surface area contributed by atoms with E-state index in [0.29, 0.717) is 17.7 Å². The van der Waals surface area contributed by atoms with Gasteiger partial charge in [0.1, 0.15) is 5.75 Å². The van der Waals surface area contributed by atoms with Gasteiger partial charge < -0.3 is 10.8 Å². The number of rotatable bonds is 5. The summed E-state index contributed by atoms with van der Waals surface area (Å²) < 4.78 is 0. The second-order valence-corrected chi connectivity index (χ2v) is 4.59. The molecule has 0 amide bonds. The molecule has 1 aromatic carbocycles. The lowest BCUT2D eigenvalue weighted by atomic mass is 9.98. The second kappa shape index (κ2) is 5.76. The van der Waals surface area contributed by atoms with Crippen molar-refractivity contribution in [2.45, 2.75) is 39.2 Å². The molecule has 0 fully saturated rings. The monoisotopic (exact) mass is 207 g/mol. The van der Waals surface area contributed by atoms with E-state index in [9.17, 15) is 0 Å². The lowest BCUT2D eigenvalue weighted by Gasteiger charge is -2.13. The maximum absolute atomic E-state index is 9.13. The molecule has 0 bridgehead atoms. The molecular formula is C13H21NO. The molecule has 0 aliphatic carbocycles. The van der Waals surface area contributed by atoms with E-state index >= 15 is 0 Å². The minimum absolute atomic E-state index is 0.291. The van der Waals surface area contributed by atoms with Gasteiger partial charge in [-0.2, -0.15) is 0 Å². The van der Waals surface area contributed by atoms with Gasteiger partial charge in [0.15, 0.2) is 0 Å². The Morgan fingerprint density at radius 3 is 2.33 bits per heavy atom. The molecule has 0 aliphatic heterocycles. The molecule has 0 heterocycles. The number of aromatic hydroxyl groups is 1. The molecule has 3 N–H and O–H groups in total. The van der Waals surface area contributed by atoms with Gasteiger partial charge in [-0.05, 0) is 42.9 Å². The number of benzene rings is 1. The van der Waals surface area contributed by atoms with Gasteiger partial charge in [0.05, 0.1) is 0 Å². The Kier molecular flexibility index (Phi) is 4.63. The zero-order valence-electron chi connectivity index (χ0n) is 9.61. The second-order valence-electron chi connectivity index (χ2n) is 4.59. The van der Waals surface area contributed by atoms with Gasteiger partial charge in [0.2, 0.25) is 0 Å². The topological polar surface area (TPSA) is 46.2 Å².